The number of hydrogen-bond acceptors (Lipinski definition) is 5. The van der Waals surface area contributed by atoms with Gasteiger partial charge in [-0.1, -0.05) is 11.6 Å². The summed E-state index contributed by atoms with van der Waals surface area (Å²) in [7, 11) is -3.35. The van der Waals surface area contributed by atoms with Crippen LogP contribution in [0.2, 0.25) is 5.02 Å². The molecule has 1 aromatic heterocycles. The van der Waals surface area contributed by atoms with Gasteiger partial charge in [0.2, 0.25) is 0 Å². The van der Waals surface area contributed by atoms with E-state index >= 15 is 0 Å². The van der Waals surface area contributed by atoms with Crippen LogP contribution >= 0.6 is 27.5 Å². The van der Waals surface area contributed by atoms with Crippen LogP contribution in [0.3, 0.4) is 0 Å². The Morgan fingerprint density at radius 3 is 2.70 bits per heavy atom. The molecule has 2 aliphatic rings. The van der Waals surface area contributed by atoms with Crippen molar-refractivity contribution >= 4 is 54.6 Å². The minimum atomic E-state index is -3.35. The van der Waals surface area contributed by atoms with Crippen molar-refractivity contribution in [3.63, 3.8) is 0 Å². The molecule has 0 N–H and O–H groups in total. The predicted octanol–water partition coefficient (Wildman–Crippen LogP) is 3.48. The SMILES string of the molecule is O=C1CCCC(n2cc(Br)cn2)=C1C(=O)c1ccc2c(c1Cl)CCS2(=O)=O. The van der Waals surface area contributed by atoms with Crippen molar-refractivity contribution in [2.45, 2.75) is 30.6 Å². The highest BCUT2D eigenvalue weighted by Gasteiger charge is 2.34. The predicted molar refractivity (Wildman–Crippen MR) is 104 cm³/mol. The number of benzene rings is 1. The van der Waals surface area contributed by atoms with E-state index in [1.807, 2.05) is 0 Å². The molecule has 0 spiro atoms. The fourth-order valence-corrected chi connectivity index (χ4v) is 5.78. The van der Waals surface area contributed by atoms with Crippen molar-refractivity contribution in [1.29, 1.82) is 0 Å². The van der Waals surface area contributed by atoms with E-state index in [-0.39, 0.29) is 45.4 Å². The second kappa shape index (κ2) is 6.68. The summed E-state index contributed by atoms with van der Waals surface area (Å²) in [6, 6.07) is 2.81. The first-order valence-corrected chi connectivity index (χ1v) is 11.2. The average Bonchev–Trinajstić information content (AvgIpc) is 3.18. The highest BCUT2D eigenvalue weighted by molar-refractivity contribution is 9.10. The zero-order valence-corrected chi connectivity index (χ0v) is 17.2. The largest absolute Gasteiger partial charge is 0.294 e. The zero-order valence-electron chi connectivity index (χ0n) is 14.0. The first-order valence-electron chi connectivity index (χ1n) is 8.35. The number of nitrogens with zero attached hydrogens (tertiary/aromatic N) is 2. The Morgan fingerprint density at radius 1 is 1.22 bits per heavy atom. The van der Waals surface area contributed by atoms with Gasteiger partial charge < -0.3 is 0 Å². The molecule has 140 valence electrons. The molecule has 4 rings (SSSR count). The molecule has 0 fully saturated rings. The molecule has 1 aromatic carbocycles. The Morgan fingerprint density at radius 2 is 2.00 bits per heavy atom. The smallest absolute Gasteiger partial charge is 0.199 e. The van der Waals surface area contributed by atoms with Crippen LogP contribution < -0.4 is 0 Å². The van der Waals surface area contributed by atoms with Crippen molar-refractivity contribution < 1.29 is 18.0 Å². The summed E-state index contributed by atoms with van der Waals surface area (Å²) in [5.74, 6) is -0.760. The summed E-state index contributed by atoms with van der Waals surface area (Å²) in [5, 5.41) is 4.31. The number of allylic oxidation sites excluding steroid dienone is 2. The number of aromatic nitrogens is 2. The second-order valence-electron chi connectivity index (χ2n) is 6.50. The number of hydrogen-bond donors (Lipinski definition) is 0. The van der Waals surface area contributed by atoms with Crippen LogP contribution in [0, 0.1) is 0 Å². The molecule has 0 bridgehead atoms. The maximum atomic E-state index is 13.2. The average molecular weight is 470 g/mol. The molecule has 2 heterocycles. The Kier molecular flexibility index (Phi) is 4.60. The van der Waals surface area contributed by atoms with Gasteiger partial charge in [-0.15, -0.1) is 0 Å². The van der Waals surface area contributed by atoms with Gasteiger partial charge in [0.25, 0.3) is 0 Å². The van der Waals surface area contributed by atoms with Crippen molar-refractivity contribution in [3.8, 4) is 0 Å². The van der Waals surface area contributed by atoms with Crippen LogP contribution in [-0.2, 0) is 21.1 Å². The fourth-order valence-electron chi connectivity index (χ4n) is 3.55. The third-order valence-electron chi connectivity index (χ3n) is 4.84. The Hall–Kier alpha value is -1.77. The van der Waals surface area contributed by atoms with E-state index in [1.165, 1.54) is 16.8 Å². The van der Waals surface area contributed by atoms with E-state index in [1.54, 1.807) is 12.4 Å². The number of fused-ring (bicyclic) bond motifs is 1. The molecule has 2 aromatic rings. The summed E-state index contributed by atoms with van der Waals surface area (Å²) in [5.41, 5.74) is 1.21. The number of carbonyl (C=O) groups is 2. The van der Waals surface area contributed by atoms with E-state index in [0.29, 0.717) is 24.1 Å². The summed E-state index contributed by atoms with van der Waals surface area (Å²) in [4.78, 5) is 26.0. The summed E-state index contributed by atoms with van der Waals surface area (Å²) >= 11 is 9.71. The Bertz CT molecular complexity index is 1130. The van der Waals surface area contributed by atoms with E-state index in [4.69, 9.17) is 11.6 Å². The van der Waals surface area contributed by atoms with Gasteiger partial charge >= 0.3 is 0 Å². The standard InChI is InChI=1S/C18H14BrClN2O4S/c19-10-8-21-22(9-10)13-2-1-3-14(23)16(13)18(24)12-4-5-15-11(17(12)20)6-7-27(15,25)26/h4-5,8-9H,1-3,6-7H2. The van der Waals surface area contributed by atoms with Crippen LogP contribution in [0.1, 0.15) is 35.2 Å². The first-order chi connectivity index (χ1) is 12.8. The van der Waals surface area contributed by atoms with E-state index in [9.17, 15) is 18.0 Å². The van der Waals surface area contributed by atoms with Gasteiger partial charge in [0.1, 0.15) is 0 Å². The van der Waals surface area contributed by atoms with Gasteiger partial charge in [-0.2, -0.15) is 5.10 Å². The molecule has 0 radical (unpaired) electrons. The lowest BCUT2D eigenvalue weighted by molar-refractivity contribution is -0.115. The van der Waals surface area contributed by atoms with E-state index in [0.717, 1.165) is 4.47 Å². The maximum Gasteiger partial charge on any atom is 0.199 e. The number of sulfone groups is 1. The number of ketones is 2. The third-order valence-corrected chi connectivity index (χ3v) is 7.48. The molecule has 27 heavy (non-hydrogen) atoms. The number of Topliss-reactive ketones (excluding diaryl/α,β-unsaturated/α-hetero) is 2. The normalized spacial score (nSPS) is 18.7. The zero-order chi connectivity index (χ0) is 19.3. The van der Waals surface area contributed by atoms with Crippen molar-refractivity contribution in [3.05, 3.63) is 50.7 Å². The molecule has 1 aliphatic heterocycles. The van der Waals surface area contributed by atoms with Crippen LogP contribution in [-0.4, -0.2) is 35.5 Å². The van der Waals surface area contributed by atoms with Crippen molar-refractivity contribution in [1.82, 2.24) is 9.78 Å². The van der Waals surface area contributed by atoms with Gasteiger partial charge in [-0.05, 0) is 52.9 Å². The molecule has 0 saturated carbocycles. The minimum absolute atomic E-state index is 0.0200. The monoisotopic (exact) mass is 468 g/mol. The quantitative estimate of drug-likeness (QED) is 0.507. The third kappa shape index (κ3) is 3.09. The van der Waals surface area contributed by atoms with Crippen LogP contribution in [0.15, 0.2) is 39.5 Å². The van der Waals surface area contributed by atoms with Crippen LogP contribution in [0.5, 0.6) is 0 Å². The van der Waals surface area contributed by atoms with Gasteiger partial charge in [0, 0.05) is 18.2 Å². The van der Waals surface area contributed by atoms with Gasteiger partial charge in [-0.25, -0.2) is 13.1 Å². The van der Waals surface area contributed by atoms with Crippen molar-refractivity contribution in [2.75, 3.05) is 5.75 Å². The highest BCUT2D eigenvalue weighted by Crippen LogP contribution is 2.36. The molecule has 0 saturated heterocycles. The Labute approximate surface area is 169 Å². The number of carbonyl (C=O) groups excluding carboxylic acids is 2. The molecule has 1 aliphatic carbocycles. The highest BCUT2D eigenvalue weighted by atomic mass is 79.9. The molecule has 9 heteroatoms. The molecular weight excluding hydrogens is 456 g/mol. The summed E-state index contributed by atoms with van der Waals surface area (Å²) in [6.45, 7) is 0. The lowest BCUT2D eigenvalue weighted by atomic mass is 9.88. The Balaban J connectivity index is 1.86. The molecule has 6 nitrogen and oxygen atoms in total. The maximum absolute atomic E-state index is 13.2. The first kappa shape index (κ1) is 18.6. The molecular formula is C18H14BrClN2O4S. The molecule has 0 atom stereocenters. The molecule has 0 amide bonds. The van der Waals surface area contributed by atoms with Crippen molar-refractivity contribution in [2.24, 2.45) is 0 Å². The second-order valence-corrected chi connectivity index (χ2v) is 9.87. The van der Waals surface area contributed by atoms with Crippen LogP contribution in [0.25, 0.3) is 5.70 Å². The summed E-state index contributed by atoms with van der Waals surface area (Å²) in [6.07, 6.45) is 5.00. The number of halogens is 2. The minimum Gasteiger partial charge on any atom is -0.294 e. The molecule has 0 unspecified atom stereocenters. The van der Waals surface area contributed by atoms with Crippen LogP contribution in [0.4, 0.5) is 0 Å². The van der Waals surface area contributed by atoms with E-state index < -0.39 is 15.6 Å². The topological polar surface area (TPSA) is 86.1 Å². The van der Waals surface area contributed by atoms with Gasteiger partial charge in [-0.3, -0.25) is 9.59 Å². The lowest BCUT2D eigenvalue weighted by Gasteiger charge is -2.19. The fraction of sp³-hybridized carbons (Fsp3) is 0.278. The summed E-state index contributed by atoms with van der Waals surface area (Å²) < 4.78 is 26.4. The lowest BCUT2D eigenvalue weighted by Crippen LogP contribution is -2.22. The van der Waals surface area contributed by atoms with Gasteiger partial charge in [0.05, 0.1) is 37.6 Å². The van der Waals surface area contributed by atoms with E-state index in [2.05, 4.69) is 21.0 Å². The number of rotatable bonds is 3. The van der Waals surface area contributed by atoms with Gasteiger partial charge in [0.15, 0.2) is 21.4 Å².